The minimum Gasteiger partial charge on any atom is -0.353 e. The van der Waals surface area contributed by atoms with Gasteiger partial charge in [0.15, 0.2) is 0 Å². The second kappa shape index (κ2) is 4.28. The first-order chi connectivity index (χ1) is 4.98. The molecular formula is C7H14FNO2. The van der Waals surface area contributed by atoms with Crippen LogP contribution >= 0.6 is 0 Å². The van der Waals surface area contributed by atoms with Crippen molar-refractivity contribution in [1.82, 2.24) is 5.32 Å². The zero-order valence-electron chi connectivity index (χ0n) is 7.11. The van der Waals surface area contributed by atoms with Gasteiger partial charge in [0.1, 0.15) is 6.61 Å². The molecule has 0 aliphatic heterocycles. The van der Waals surface area contributed by atoms with Gasteiger partial charge in [-0.25, -0.2) is 0 Å². The Balaban J connectivity index is 3.54. The normalized spacial score (nSPS) is 11.3. The Bertz CT molecular complexity index is 131. The second-order valence-corrected chi connectivity index (χ2v) is 3.32. The summed E-state index contributed by atoms with van der Waals surface area (Å²) in [4.78, 5) is 14.3. The standard InChI is InChI=1S/C7H14FNO2/c1-7(2,3)6(10)9-4-5-11-8/h4-5H2,1-3H3,(H,9,10). The molecule has 0 saturated carbocycles. The molecule has 0 unspecified atom stereocenters. The highest BCUT2D eigenvalue weighted by atomic mass is 19.3. The lowest BCUT2D eigenvalue weighted by Gasteiger charge is -2.16. The molecule has 1 N–H and O–H groups in total. The third-order valence-corrected chi connectivity index (χ3v) is 1.15. The average Bonchev–Trinajstić information content (AvgIpc) is 1.86. The van der Waals surface area contributed by atoms with Crippen molar-refractivity contribution < 1.29 is 14.3 Å². The molecule has 0 saturated heterocycles. The van der Waals surface area contributed by atoms with E-state index in [1.54, 1.807) is 20.8 Å². The number of halogens is 1. The van der Waals surface area contributed by atoms with E-state index in [9.17, 15) is 9.32 Å². The highest BCUT2D eigenvalue weighted by Gasteiger charge is 2.20. The van der Waals surface area contributed by atoms with Crippen LogP contribution in [0.3, 0.4) is 0 Å². The summed E-state index contributed by atoms with van der Waals surface area (Å²) in [5.41, 5.74) is -0.420. The van der Waals surface area contributed by atoms with Gasteiger partial charge >= 0.3 is 0 Å². The van der Waals surface area contributed by atoms with Crippen molar-refractivity contribution in [3.63, 3.8) is 0 Å². The van der Waals surface area contributed by atoms with E-state index in [0.717, 1.165) is 0 Å². The van der Waals surface area contributed by atoms with Crippen LogP contribution in [0.1, 0.15) is 20.8 Å². The zero-order chi connectivity index (χ0) is 8.91. The van der Waals surface area contributed by atoms with Gasteiger partial charge in [-0.1, -0.05) is 20.8 Å². The number of nitrogens with one attached hydrogen (secondary N) is 1. The van der Waals surface area contributed by atoms with Gasteiger partial charge in [0.25, 0.3) is 0 Å². The Morgan fingerprint density at radius 1 is 1.55 bits per heavy atom. The minimum absolute atomic E-state index is 0.0954. The lowest BCUT2D eigenvalue weighted by molar-refractivity contribution is -0.137. The molecule has 66 valence electrons. The lowest BCUT2D eigenvalue weighted by Crippen LogP contribution is -2.36. The van der Waals surface area contributed by atoms with Crippen LogP contribution in [0.4, 0.5) is 4.53 Å². The molecule has 0 aromatic carbocycles. The Hall–Kier alpha value is -0.640. The molecule has 0 aliphatic rings. The summed E-state index contributed by atoms with van der Waals surface area (Å²) in [7, 11) is 0. The molecule has 0 aromatic rings. The van der Waals surface area contributed by atoms with Gasteiger partial charge in [-0.2, -0.15) is 4.94 Å². The molecule has 0 bridgehead atoms. The molecule has 0 spiro atoms. The Labute approximate surface area is 65.8 Å². The fraction of sp³-hybridized carbons (Fsp3) is 0.857. The predicted molar refractivity (Wildman–Crippen MR) is 39.5 cm³/mol. The number of rotatable bonds is 3. The van der Waals surface area contributed by atoms with Crippen LogP contribution in [0.2, 0.25) is 0 Å². The summed E-state index contributed by atoms with van der Waals surface area (Å²) >= 11 is 0. The van der Waals surface area contributed by atoms with Crippen LogP contribution in [0, 0.1) is 5.41 Å². The molecule has 0 aromatic heterocycles. The maximum Gasteiger partial charge on any atom is 0.225 e. The van der Waals surface area contributed by atoms with Crippen LogP contribution in [-0.4, -0.2) is 19.1 Å². The maximum absolute atomic E-state index is 11.1. The summed E-state index contributed by atoms with van der Waals surface area (Å²) in [6, 6.07) is 0. The number of hydrogen-bond acceptors (Lipinski definition) is 2. The summed E-state index contributed by atoms with van der Waals surface area (Å²) < 4.78 is 11.1. The predicted octanol–water partition coefficient (Wildman–Crippen LogP) is 1.05. The molecule has 4 heteroatoms. The lowest BCUT2D eigenvalue weighted by atomic mass is 9.96. The van der Waals surface area contributed by atoms with Crippen LogP contribution in [0.5, 0.6) is 0 Å². The van der Waals surface area contributed by atoms with E-state index in [0.29, 0.717) is 0 Å². The first-order valence-corrected chi connectivity index (χ1v) is 3.50. The molecular weight excluding hydrogens is 149 g/mol. The van der Waals surface area contributed by atoms with Gasteiger partial charge in [-0.3, -0.25) is 4.79 Å². The van der Waals surface area contributed by atoms with Gasteiger partial charge in [-0.05, 0) is 4.53 Å². The topological polar surface area (TPSA) is 38.3 Å². The van der Waals surface area contributed by atoms with E-state index in [-0.39, 0.29) is 19.1 Å². The molecule has 3 nitrogen and oxygen atoms in total. The van der Waals surface area contributed by atoms with Crippen molar-refractivity contribution in [2.45, 2.75) is 20.8 Å². The monoisotopic (exact) mass is 163 g/mol. The number of hydrogen-bond donors (Lipinski definition) is 1. The van der Waals surface area contributed by atoms with Crippen LogP contribution < -0.4 is 5.32 Å². The van der Waals surface area contributed by atoms with E-state index in [2.05, 4.69) is 10.3 Å². The van der Waals surface area contributed by atoms with E-state index < -0.39 is 5.41 Å². The molecule has 11 heavy (non-hydrogen) atoms. The van der Waals surface area contributed by atoms with Crippen molar-refractivity contribution in [3.8, 4) is 0 Å². The van der Waals surface area contributed by atoms with E-state index in [1.807, 2.05) is 0 Å². The second-order valence-electron chi connectivity index (χ2n) is 3.32. The van der Waals surface area contributed by atoms with Crippen LogP contribution in [-0.2, 0) is 9.74 Å². The Morgan fingerprint density at radius 2 is 2.09 bits per heavy atom. The minimum atomic E-state index is -0.420. The van der Waals surface area contributed by atoms with Gasteiger partial charge in [-0.15, -0.1) is 0 Å². The van der Waals surface area contributed by atoms with Gasteiger partial charge in [0, 0.05) is 12.0 Å². The first kappa shape index (κ1) is 10.4. The van der Waals surface area contributed by atoms with Crippen LogP contribution in [0.25, 0.3) is 0 Å². The molecule has 0 radical (unpaired) electrons. The quantitative estimate of drug-likeness (QED) is 0.631. The fourth-order valence-electron chi connectivity index (χ4n) is 0.468. The smallest absolute Gasteiger partial charge is 0.225 e. The van der Waals surface area contributed by atoms with Crippen molar-refractivity contribution in [3.05, 3.63) is 0 Å². The summed E-state index contributed by atoms with van der Waals surface area (Å²) in [5, 5.41) is 2.52. The van der Waals surface area contributed by atoms with E-state index in [4.69, 9.17) is 0 Å². The summed E-state index contributed by atoms with van der Waals surface area (Å²) in [5.74, 6) is -0.102. The summed E-state index contributed by atoms with van der Waals surface area (Å²) in [6.45, 7) is 5.49. The van der Waals surface area contributed by atoms with Crippen LogP contribution in [0.15, 0.2) is 0 Å². The van der Waals surface area contributed by atoms with Gasteiger partial charge in [0.2, 0.25) is 5.91 Å². The molecule has 0 heterocycles. The molecule has 0 fully saturated rings. The van der Waals surface area contributed by atoms with Crippen molar-refractivity contribution in [2.75, 3.05) is 13.2 Å². The first-order valence-electron chi connectivity index (χ1n) is 3.50. The van der Waals surface area contributed by atoms with E-state index >= 15 is 0 Å². The molecule has 1 amide bonds. The van der Waals surface area contributed by atoms with Gasteiger partial charge in [0.05, 0.1) is 0 Å². The maximum atomic E-state index is 11.1. The number of carbonyl (C=O) groups is 1. The van der Waals surface area contributed by atoms with E-state index in [1.165, 1.54) is 0 Å². The zero-order valence-corrected chi connectivity index (χ0v) is 7.11. The van der Waals surface area contributed by atoms with Crippen molar-refractivity contribution >= 4 is 5.91 Å². The Kier molecular flexibility index (Phi) is 4.03. The summed E-state index contributed by atoms with van der Waals surface area (Å²) in [6.07, 6.45) is 0. The molecule has 0 aliphatic carbocycles. The largest absolute Gasteiger partial charge is 0.353 e. The Morgan fingerprint density at radius 3 is 2.45 bits per heavy atom. The highest BCUT2D eigenvalue weighted by molar-refractivity contribution is 5.81. The molecule has 0 atom stereocenters. The molecule has 0 rings (SSSR count). The van der Waals surface area contributed by atoms with Crippen molar-refractivity contribution in [1.29, 1.82) is 0 Å². The third-order valence-electron chi connectivity index (χ3n) is 1.15. The number of amides is 1. The van der Waals surface area contributed by atoms with Crippen molar-refractivity contribution in [2.24, 2.45) is 5.41 Å². The SMILES string of the molecule is CC(C)(C)C(=O)NCCOF. The number of carbonyl (C=O) groups excluding carboxylic acids is 1. The fourth-order valence-corrected chi connectivity index (χ4v) is 0.468. The average molecular weight is 163 g/mol. The highest BCUT2D eigenvalue weighted by Crippen LogP contribution is 2.11. The van der Waals surface area contributed by atoms with Gasteiger partial charge < -0.3 is 5.32 Å². The third kappa shape index (κ3) is 4.72.